The van der Waals surface area contributed by atoms with Gasteiger partial charge in [0.05, 0.1) is 13.0 Å². The molecule has 5 nitrogen and oxygen atoms in total. The van der Waals surface area contributed by atoms with E-state index in [1.54, 1.807) is 11.3 Å². The molecule has 0 fully saturated rings. The van der Waals surface area contributed by atoms with Crippen molar-refractivity contribution in [2.45, 2.75) is 27.2 Å². The van der Waals surface area contributed by atoms with Crippen LogP contribution in [0.25, 0.3) is 0 Å². The van der Waals surface area contributed by atoms with E-state index in [4.69, 9.17) is 0 Å². The summed E-state index contributed by atoms with van der Waals surface area (Å²) >= 11 is 1.57. The van der Waals surface area contributed by atoms with Crippen molar-refractivity contribution in [3.63, 3.8) is 0 Å². The third-order valence-electron chi connectivity index (χ3n) is 3.96. The third-order valence-corrected chi connectivity index (χ3v) is 4.84. The van der Waals surface area contributed by atoms with Crippen molar-refractivity contribution >= 4 is 34.5 Å². The first-order valence-corrected chi connectivity index (χ1v) is 9.34. The quantitative estimate of drug-likeness (QED) is 0.758. The maximum atomic E-state index is 12.1. The Kier molecular flexibility index (Phi) is 7.16. The largest absolute Gasteiger partial charge is 0.326 e. The number of nitrogens with zero attached hydrogens (tertiary/aromatic N) is 1. The van der Waals surface area contributed by atoms with Crippen LogP contribution in [0.5, 0.6) is 0 Å². The summed E-state index contributed by atoms with van der Waals surface area (Å²) in [4.78, 5) is 27.3. The molecule has 2 amide bonds. The molecule has 0 saturated heterocycles. The van der Waals surface area contributed by atoms with Crippen LogP contribution >= 0.6 is 11.3 Å². The maximum Gasteiger partial charge on any atom is 0.238 e. The van der Waals surface area contributed by atoms with E-state index >= 15 is 0 Å². The van der Waals surface area contributed by atoms with E-state index in [1.165, 1.54) is 0 Å². The molecule has 0 atom stereocenters. The topological polar surface area (TPSA) is 61.4 Å². The molecule has 0 aliphatic heterocycles. The summed E-state index contributed by atoms with van der Waals surface area (Å²) in [6.07, 6.45) is 0.374. The van der Waals surface area contributed by atoms with Gasteiger partial charge >= 0.3 is 0 Å². The summed E-state index contributed by atoms with van der Waals surface area (Å²) in [7, 11) is 0. The highest BCUT2D eigenvalue weighted by atomic mass is 32.1. The Labute approximate surface area is 153 Å². The normalized spacial score (nSPS) is 10.7. The highest BCUT2D eigenvalue weighted by molar-refractivity contribution is 7.10. The lowest BCUT2D eigenvalue weighted by Crippen LogP contribution is -2.33. The van der Waals surface area contributed by atoms with E-state index in [2.05, 4.69) is 15.5 Å². The highest BCUT2D eigenvalue weighted by Crippen LogP contribution is 2.20. The first-order chi connectivity index (χ1) is 12.0. The van der Waals surface area contributed by atoms with Crippen molar-refractivity contribution in [1.29, 1.82) is 0 Å². The standard InChI is InChI=1S/C19H25N3O2S/c1-4-22(5-2)13-19(24)21-17-9-8-15(11-14(17)3)20-18(23)12-16-7-6-10-25-16/h6-11H,4-5,12-13H2,1-3H3,(H,20,23)(H,21,24). The Bertz CT molecular complexity index is 709. The molecule has 0 spiro atoms. The summed E-state index contributed by atoms with van der Waals surface area (Å²) in [5, 5.41) is 7.79. The Balaban J connectivity index is 1.93. The molecule has 2 rings (SSSR count). The number of hydrogen-bond donors (Lipinski definition) is 2. The Morgan fingerprint density at radius 1 is 1.08 bits per heavy atom. The number of benzene rings is 1. The number of thiophene rings is 1. The van der Waals surface area contributed by atoms with Gasteiger partial charge in [-0.15, -0.1) is 11.3 Å². The minimum Gasteiger partial charge on any atom is -0.326 e. The predicted octanol–water partition coefficient (Wildman–Crippen LogP) is 3.52. The van der Waals surface area contributed by atoms with Crippen LogP contribution in [0.1, 0.15) is 24.3 Å². The number of anilines is 2. The van der Waals surface area contributed by atoms with Crippen LogP contribution in [-0.2, 0) is 16.0 Å². The van der Waals surface area contributed by atoms with Gasteiger partial charge in [0.1, 0.15) is 0 Å². The average molecular weight is 359 g/mol. The number of amides is 2. The predicted molar refractivity (Wildman–Crippen MR) is 104 cm³/mol. The van der Waals surface area contributed by atoms with Gasteiger partial charge in [-0.1, -0.05) is 19.9 Å². The zero-order valence-corrected chi connectivity index (χ0v) is 15.8. The van der Waals surface area contributed by atoms with E-state index < -0.39 is 0 Å². The second-order valence-electron chi connectivity index (χ2n) is 5.84. The van der Waals surface area contributed by atoms with Gasteiger partial charge in [0, 0.05) is 16.3 Å². The van der Waals surface area contributed by atoms with Crippen LogP contribution in [0.3, 0.4) is 0 Å². The first-order valence-electron chi connectivity index (χ1n) is 8.47. The fourth-order valence-corrected chi connectivity index (χ4v) is 3.20. The molecule has 2 N–H and O–H groups in total. The smallest absolute Gasteiger partial charge is 0.238 e. The van der Waals surface area contributed by atoms with Gasteiger partial charge in [-0.3, -0.25) is 14.5 Å². The van der Waals surface area contributed by atoms with Gasteiger partial charge in [-0.25, -0.2) is 0 Å². The number of hydrogen-bond acceptors (Lipinski definition) is 4. The third kappa shape index (κ3) is 5.99. The van der Waals surface area contributed by atoms with Crippen molar-refractivity contribution in [2.24, 2.45) is 0 Å². The molecule has 25 heavy (non-hydrogen) atoms. The van der Waals surface area contributed by atoms with Crippen LogP contribution in [0.15, 0.2) is 35.7 Å². The Morgan fingerprint density at radius 2 is 1.84 bits per heavy atom. The van der Waals surface area contributed by atoms with Crippen molar-refractivity contribution in [3.8, 4) is 0 Å². The van der Waals surface area contributed by atoms with Crippen LogP contribution in [0, 0.1) is 6.92 Å². The molecular weight excluding hydrogens is 334 g/mol. The molecule has 134 valence electrons. The van der Waals surface area contributed by atoms with Crippen molar-refractivity contribution < 1.29 is 9.59 Å². The van der Waals surface area contributed by atoms with Crippen LogP contribution in [0.4, 0.5) is 11.4 Å². The van der Waals surface area contributed by atoms with Crippen LogP contribution < -0.4 is 10.6 Å². The SMILES string of the molecule is CCN(CC)CC(=O)Nc1ccc(NC(=O)Cc2cccs2)cc1C. The van der Waals surface area contributed by atoms with Gasteiger partial charge in [-0.2, -0.15) is 0 Å². The minimum atomic E-state index is -0.0415. The van der Waals surface area contributed by atoms with Gasteiger partial charge < -0.3 is 10.6 Å². The lowest BCUT2D eigenvalue weighted by atomic mass is 10.1. The Hall–Kier alpha value is -2.18. The molecular formula is C19H25N3O2S. The number of carbonyl (C=O) groups is 2. The average Bonchev–Trinajstić information content (AvgIpc) is 3.08. The molecule has 2 aromatic rings. The molecule has 0 radical (unpaired) electrons. The fourth-order valence-electron chi connectivity index (χ4n) is 2.50. The molecule has 6 heteroatoms. The lowest BCUT2D eigenvalue weighted by molar-refractivity contribution is -0.117. The number of carbonyl (C=O) groups excluding carboxylic acids is 2. The number of likely N-dealkylation sites (N-methyl/N-ethyl adjacent to an activating group) is 1. The van der Waals surface area contributed by atoms with Crippen molar-refractivity contribution in [2.75, 3.05) is 30.3 Å². The van der Waals surface area contributed by atoms with E-state index in [9.17, 15) is 9.59 Å². The molecule has 0 aliphatic carbocycles. The van der Waals surface area contributed by atoms with Gasteiger partial charge in [0.25, 0.3) is 0 Å². The zero-order chi connectivity index (χ0) is 18.2. The summed E-state index contributed by atoms with van der Waals surface area (Å²) < 4.78 is 0. The first kappa shape index (κ1) is 19.1. The van der Waals surface area contributed by atoms with Gasteiger partial charge in [-0.05, 0) is 55.2 Å². The Morgan fingerprint density at radius 3 is 2.44 bits per heavy atom. The molecule has 1 aromatic heterocycles. The van der Waals surface area contributed by atoms with Crippen molar-refractivity contribution in [1.82, 2.24) is 4.90 Å². The summed E-state index contributed by atoms with van der Waals surface area (Å²) in [5.74, 6) is -0.0681. The van der Waals surface area contributed by atoms with Gasteiger partial charge in [0.2, 0.25) is 11.8 Å². The second kappa shape index (κ2) is 9.34. The minimum absolute atomic E-state index is 0.0266. The number of aryl methyl sites for hydroxylation is 1. The van der Waals surface area contributed by atoms with Gasteiger partial charge in [0.15, 0.2) is 0 Å². The summed E-state index contributed by atoms with van der Waals surface area (Å²) in [6, 6.07) is 9.40. The zero-order valence-electron chi connectivity index (χ0n) is 15.0. The van der Waals surface area contributed by atoms with Crippen LogP contribution in [-0.4, -0.2) is 36.3 Å². The van der Waals surface area contributed by atoms with E-state index in [1.807, 2.05) is 56.5 Å². The summed E-state index contributed by atoms with van der Waals surface area (Å²) in [5.41, 5.74) is 2.43. The van der Waals surface area contributed by atoms with Crippen molar-refractivity contribution in [3.05, 3.63) is 46.2 Å². The molecule has 1 heterocycles. The molecule has 1 aromatic carbocycles. The van der Waals surface area contributed by atoms with E-state index in [0.29, 0.717) is 13.0 Å². The second-order valence-corrected chi connectivity index (χ2v) is 6.88. The lowest BCUT2D eigenvalue weighted by Gasteiger charge is -2.18. The maximum absolute atomic E-state index is 12.1. The van der Waals surface area contributed by atoms with E-state index in [-0.39, 0.29) is 11.8 Å². The number of nitrogens with one attached hydrogen (secondary N) is 2. The van der Waals surface area contributed by atoms with E-state index in [0.717, 1.165) is 34.9 Å². The molecule has 0 unspecified atom stereocenters. The highest BCUT2D eigenvalue weighted by Gasteiger charge is 2.10. The fraction of sp³-hybridized carbons (Fsp3) is 0.368. The molecule has 0 saturated carbocycles. The monoisotopic (exact) mass is 359 g/mol. The number of rotatable bonds is 8. The summed E-state index contributed by atoms with van der Waals surface area (Å²) in [6.45, 7) is 8.06. The molecule has 0 aliphatic rings. The van der Waals surface area contributed by atoms with Crippen LogP contribution in [0.2, 0.25) is 0 Å². The molecule has 0 bridgehead atoms.